The molecule has 86 valence electrons. The minimum Gasteiger partial charge on any atom is -0.270 e. The van der Waals surface area contributed by atoms with Crippen molar-refractivity contribution < 1.29 is 0 Å². The molecule has 1 heterocycles. The molecular formula is C12H21ClN2. The van der Waals surface area contributed by atoms with E-state index in [1.807, 2.05) is 6.92 Å². The van der Waals surface area contributed by atoms with Crippen molar-refractivity contribution in [2.45, 2.75) is 58.4 Å². The molecule has 0 amide bonds. The summed E-state index contributed by atoms with van der Waals surface area (Å²) in [6, 6.07) is 2.17. The van der Waals surface area contributed by atoms with E-state index in [2.05, 4.69) is 29.7 Å². The summed E-state index contributed by atoms with van der Waals surface area (Å²) >= 11 is 6.20. The Bertz CT molecular complexity index is 294. The number of halogens is 1. The van der Waals surface area contributed by atoms with Crippen molar-refractivity contribution in [2.24, 2.45) is 0 Å². The minimum absolute atomic E-state index is 0.315. The van der Waals surface area contributed by atoms with E-state index in [0.29, 0.717) is 5.38 Å². The SMILES string of the molecule is CCCC(Cl)CCc1cc(C)nn1CC. The Kier molecular flexibility index (Phi) is 5.16. The summed E-state index contributed by atoms with van der Waals surface area (Å²) in [6.45, 7) is 7.29. The lowest BCUT2D eigenvalue weighted by atomic mass is 10.1. The Balaban J connectivity index is 2.49. The largest absolute Gasteiger partial charge is 0.270 e. The van der Waals surface area contributed by atoms with Crippen molar-refractivity contribution >= 4 is 11.6 Å². The van der Waals surface area contributed by atoms with Gasteiger partial charge in [-0.15, -0.1) is 11.6 Å². The third kappa shape index (κ3) is 3.86. The zero-order valence-corrected chi connectivity index (χ0v) is 10.7. The van der Waals surface area contributed by atoms with E-state index in [1.54, 1.807) is 0 Å². The first-order valence-electron chi connectivity index (χ1n) is 5.84. The monoisotopic (exact) mass is 228 g/mol. The van der Waals surface area contributed by atoms with Crippen LogP contribution in [-0.2, 0) is 13.0 Å². The average molecular weight is 229 g/mol. The second-order valence-electron chi connectivity index (χ2n) is 4.02. The molecule has 0 saturated heterocycles. The lowest BCUT2D eigenvalue weighted by Gasteiger charge is -2.08. The van der Waals surface area contributed by atoms with Gasteiger partial charge in [-0.05, 0) is 39.2 Å². The molecule has 0 spiro atoms. The highest BCUT2D eigenvalue weighted by Crippen LogP contribution is 2.14. The molecule has 0 N–H and O–H groups in total. The van der Waals surface area contributed by atoms with Crippen LogP contribution in [0.5, 0.6) is 0 Å². The molecule has 0 saturated carbocycles. The zero-order valence-electron chi connectivity index (χ0n) is 9.96. The van der Waals surface area contributed by atoms with Gasteiger partial charge in [-0.1, -0.05) is 13.3 Å². The van der Waals surface area contributed by atoms with Crippen molar-refractivity contribution in [3.05, 3.63) is 17.5 Å². The molecule has 0 bridgehead atoms. The van der Waals surface area contributed by atoms with E-state index in [-0.39, 0.29) is 0 Å². The fourth-order valence-corrected chi connectivity index (χ4v) is 2.16. The molecule has 0 aliphatic rings. The lowest BCUT2D eigenvalue weighted by Crippen LogP contribution is -2.06. The third-order valence-corrected chi connectivity index (χ3v) is 3.04. The third-order valence-electron chi connectivity index (χ3n) is 2.60. The summed E-state index contributed by atoms with van der Waals surface area (Å²) in [5.74, 6) is 0. The Morgan fingerprint density at radius 3 is 2.73 bits per heavy atom. The highest BCUT2D eigenvalue weighted by molar-refractivity contribution is 6.20. The van der Waals surface area contributed by atoms with Crippen LogP contribution in [0.4, 0.5) is 0 Å². The van der Waals surface area contributed by atoms with E-state index < -0.39 is 0 Å². The first-order valence-corrected chi connectivity index (χ1v) is 6.28. The molecule has 1 atom stereocenters. The summed E-state index contributed by atoms with van der Waals surface area (Å²) in [6.07, 6.45) is 4.38. The molecule has 0 aliphatic carbocycles. The van der Waals surface area contributed by atoms with Crippen LogP contribution in [0.25, 0.3) is 0 Å². The molecule has 1 aromatic heterocycles. The predicted octanol–water partition coefficient (Wildman–Crippen LogP) is 3.55. The van der Waals surface area contributed by atoms with Crippen LogP contribution in [0, 0.1) is 6.92 Å². The van der Waals surface area contributed by atoms with Gasteiger partial charge in [0.1, 0.15) is 0 Å². The maximum Gasteiger partial charge on any atom is 0.0596 e. The average Bonchev–Trinajstić information content (AvgIpc) is 2.56. The van der Waals surface area contributed by atoms with E-state index in [9.17, 15) is 0 Å². The van der Waals surface area contributed by atoms with Crippen LogP contribution >= 0.6 is 11.6 Å². The summed E-state index contributed by atoms with van der Waals surface area (Å²) in [7, 11) is 0. The highest BCUT2D eigenvalue weighted by atomic mass is 35.5. The molecule has 3 heteroatoms. The smallest absolute Gasteiger partial charge is 0.0596 e. The molecule has 0 fully saturated rings. The Morgan fingerprint density at radius 2 is 2.13 bits per heavy atom. The zero-order chi connectivity index (χ0) is 11.3. The van der Waals surface area contributed by atoms with Crippen molar-refractivity contribution in [2.75, 3.05) is 0 Å². The molecule has 0 aromatic carbocycles. The van der Waals surface area contributed by atoms with E-state index in [1.165, 1.54) is 12.1 Å². The Labute approximate surface area is 97.6 Å². The molecule has 0 radical (unpaired) electrons. The first-order chi connectivity index (χ1) is 7.17. The molecule has 2 nitrogen and oxygen atoms in total. The number of alkyl halides is 1. The Morgan fingerprint density at radius 1 is 1.40 bits per heavy atom. The van der Waals surface area contributed by atoms with E-state index in [4.69, 9.17) is 11.6 Å². The summed E-state index contributed by atoms with van der Waals surface area (Å²) < 4.78 is 2.07. The maximum absolute atomic E-state index is 6.20. The number of aromatic nitrogens is 2. The van der Waals surface area contributed by atoms with Crippen LogP contribution in [0.1, 0.15) is 44.5 Å². The number of hydrogen-bond acceptors (Lipinski definition) is 1. The van der Waals surface area contributed by atoms with Gasteiger partial charge in [-0.3, -0.25) is 4.68 Å². The van der Waals surface area contributed by atoms with Crippen LogP contribution in [0.3, 0.4) is 0 Å². The van der Waals surface area contributed by atoms with Gasteiger partial charge in [-0.25, -0.2) is 0 Å². The summed E-state index contributed by atoms with van der Waals surface area (Å²) in [4.78, 5) is 0. The van der Waals surface area contributed by atoms with E-state index in [0.717, 1.165) is 31.5 Å². The van der Waals surface area contributed by atoms with E-state index >= 15 is 0 Å². The van der Waals surface area contributed by atoms with Crippen molar-refractivity contribution in [3.8, 4) is 0 Å². The molecule has 15 heavy (non-hydrogen) atoms. The van der Waals surface area contributed by atoms with Crippen molar-refractivity contribution in [1.82, 2.24) is 9.78 Å². The number of hydrogen-bond donors (Lipinski definition) is 0. The molecule has 1 aromatic rings. The fraction of sp³-hybridized carbons (Fsp3) is 0.750. The number of nitrogens with zero attached hydrogens (tertiary/aromatic N) is 2. The number of rotatable bonds is 6. The molecule has 0 aliphatic heterocycles. The normalized spacial score (nSPS) is 13.1. The molecular weight excluding hydrogens is 208 g/mol. The lowest BCUT2D eigenvalue weighted by molar-refractivity contribution is 0.591. The van der Waals surface area contributed by atoms with Gasteiger partial charge in [0.2, 0.25) is 0 Å². The van der Waals surface area contributed by atoms with Crippen LogP contribution in [-0.4, -0.2) is 15.2 Å². The maximum atomic E-state index is 6.20. The summed E-state index contributed by atoms with van der Waals surface area (Å²) in [5, 5.41) is 4.74. The van der Waals surface area contributed by atoms with Crippen LogP contribution in [0.2, 0.25) is 0 Å². The van der Waals surface area contributed by atoms with Gasteiger partial charge in [0.25, 0.3) is 0 Å². The van der Waals surface area contributed by atoms with Gasteiger partial charge in [0.15, 0.2) is 0 Å². The predicted molar refractivity (Wildman–Crippen MR) is 65.5 cm³/mol. The Hall–Kier alpha value is -0.500. The van der Waals surface area contributed by atoms with Gasteiger partial charge >= 0.3 is 0 Å². The summed E-state index contributed by atoms with van der Waals surface area (Å²) in [5.41, 5.74) is 2.42. The quantitative estimate of drug-likeness (QED) is 0.681. The van der Waals surface area contributed by atoms with Crippen molar-refractivity contribution in [3.63, 3.8) is 0 Å². The van der Waals surface area contributed by atoms with Gasteiger partial charge in [-0.2, -0.15) is 5.10 Å². The second kappa shape index (κ2) is 6.16. The van der Waals surface area contributed by atoms with Crippen LogP contribution < -0.4 is 0 Å². The van der Waals surface area contributed by atoms with Crippen LogP contribution in [0.15, 0.2) is 6.07 Å². The standard InChI is InChI=1S/C12H21ClN2/c1-4-6-11(13)7-8-12-9-10(3)14-15(12)5-2/h9,11H,4-8H2,1-3H3. The highest BCUT2D eigenvalue weighted by Gasteiger charge is 2.07. The molecule has 1 rings (SSSR count). The second-order valence-corrected chi connectivity index (χ2v) is 4.63. The van der Waals surface area contributed by atoms with Gasteiger partial charge in [0.05, 0.1) is 5.69 Å². The molecule has 1 unspecified atom stereocenters. The van der Waals surface area contributed by atoms with Gasteiger partial charge in [0, 0.05) is 17.6 Å². The number of aryl methyl sites for hydroxylation is 3. The first kappa shape index (κ1) is 12.6. The fourth-order valence-electron chi connectivity index (χ4n) is 1.84. The van der Waals surface area contributed by atoms with Gasteiger partial charge < -0.3 is 0 Å². The van der Waals surface area contributed by atoms with Crippen molar-refractivity contribution in [1.29, 1.82) is 0 Å². The minimum atomic E-state index is 0.315. The topological polar surface area (TPSA) is 17.8 Å².